The number of nitrogens with zero attached hydrogens (tertiary/aromatic N) is 1. The molecule has 1 aliphatic rings. The molecule has 1 fully saturated rings. The van der Waals surface area contributed by atoms with Crippen molar-refractivity contribution >= 4 is 45.4 Å². The van der Waals surface area contributed by atoms with Crippen LogP contribution < -0.4 is 0 Å². The van der Waals surface area contributed by atoms with E-state index >= 15 is 0 Å². The summed E-state index contributed by atoms with van der Waals surface area (Å²) in [5, 5.41) is 0. The molecule has 0 unspecified atom stereocenters. The van der Waals surface area contributed by atoms with Crippen LogP contribution >= 0.6 is 36.2 Å². The fourth-order valence-electron chi connectivity index (χ4n) is 1.45. The van der Waals surface area contributed by atoms with Crippen LogP contribution in [0.3, 0.4) is 0 Å². The average molecular weight is 233 g/mol. The van der Waals surface area contributed by atoms with Crippen molar-refractivity contribution in [3.8, 4) is 0 Å². The molecule has 0 spiro atoms. The molecule has 1 aliphatic heterocycles. The van der Waals surface area contributed by atoms with Gasteiger partial charge in [-0.2, -0.15) is 0 Å². The molecule has 0 aromatic heterocycles. The van der Waals surface area contributed by atoms with Crippen LogP contribution in [0.15, 0.2) is 0 Å². The molecule has 0 aromatic rings. The minimum atomic E-state index is 0.811. The minimum Gasteiger partial charge on any atom is -0.366 e. The molecule has 0 bridgehead atoms. The van der Waals surface area contributed by atoms with Crippen LogP contribution in [0.2, 0.25) is 0 Å². The monoisotopic (exact) mass is 233 g/mol. The molecule has 13 heavy (non-hydrogen) atoms. The van der Waals surface area contributed by atoms with Gasteiger partial charge in [0.15, 0.2) is 0 Å². The molecule has 0 radical (unpaired) electrons. The molecule has 1 saturated heterocycles. The maximum Gasteiger partial charge on any atom is 0.0837 e. The Labute approximate surface area is 95.3 Å². The quantitative estimate of drug-likeness (QED) is 0.674. The number of hydrogen-bond acceptors (Lipinski definition) is 3. The fraction of sp³-hybridized carbons (Fsp3) is 0.778. The molecule has 0 aromatic carbocycles. The highest BCUT2D eigenvalue weighted by Crippen LogP contribution is 2.13. The van der Waals surface area contributed by atoms with Gasteiger partial charge in [0.25, 0.3) is 0 Å². The molecule has 4 heteroatoms. The molecule has 1 heterocycles. The topological polar surface area (TPSA) is 3.24 Å². The zero-order valence-electron chi connectivity index (χ0n) is 7.91. The second-order valence-electron chi connectivity index (χ2n) is 3.19. The summed E-state index contributed by atoms with van der Waals surface area (Å²) in [5.74, 6) is 0. The molecule has 1 rings (SSSR count). The zero-order chi connectivity index (χ0) is 9.68. The van der Waals surface area contributed by atoms with E-state index in [1.807, 2.05) is 6.26 Å². The van der Waals surface area contributed by atoms with Crippen LogP contribution in [0.5, 0.6) is 0 Å². The van der Waals surface area contributed by atoms with E-state index in [1.54, 1.807) is 11.8 Å². The van der Waals surface area contributed by atoms with Gasteiger partial charge >= 0.3 is 0 Å². The molecule has 0 atom stereocenters. The van der Waals surface area contributed by atoms with Crippen molar-refractivity contribution < 1.29 is 0 Å². The van der Waals surface area contributed by atoms with Crippen molar-refractivity contribution in [2.75, 3.05) is 19.3 Å². The first kappa shape index (κ1) is 11.4. The van der Waals surface area contributed by atoms with Gasteiger partial charge in [0.1, 0.15) is 0 Å². The SMILES string of the molecule is CSC(=S)CC(=S)N1CCCCC1. The molecule has 74 valence electrons. The molecular formula is C9H15NS3. The van der Waals surface area contributed by atoms with Gasteiger partial charge in [-0.1, -0.05) is 24.4 Å². The van der Waals surface area contributed by atoms with Gasteiger partial charge in [-0.15, -0.1) is 11.8 Å². The first-order chi connectivity index (χ1) is 6.24. The largest absolute Gasteiger partial charge is 0.366 e. The van der Waals surface area contributed by atoms with Crippen LogP contribution in [-0.4, -0.2) is 33.4 Å². The summed E-state index contributed by atoms with van der Waals surface area (Å²) < 4.78 is 1.01. The van der Waals surface area contributed by atoms with Gasteiger partial charge < -0.3 is 4.90 Å². The Morgan fingerprint density at radius 2 is 1.85 bits per heavy atom. The van der Waals surface area contributed by atoms with Crippen molar-refractivity contribution in [3.05, 3.63) is 0 Å². The minimum absolute atomic E-state index is 0.811. The Bertz CT molecular complexity index is 197. The Morgan fingerprint density at radius 1 is 1.23 bits per heavy atom. The van der Waals surface area contributed by atoms with Crippen LogP contribution in [-0.2, 0) is 0 Å². The number of rotatable bonds is 2. The normalized spacial score (nSPS) is 17.2. The maximum atomic E-state index is 5.34. The van der Waals surface area contributed by atoms with Crippen LogP contribution in [0.4, 0.5) is 0 Å². The third-order valence-corrected chi connectivity index (χ3v) is 3.88. The molecule has 0 aliphatic carbocycles. The van der Waals surface area contributed by atoms with E-state index in [-0.39, 0.29) is 0 Å². The summed E-state index contributed by atoms with van der Waals surface area (Å²) in [6.45, 7) is 2.27. The van der Waals surface area contributed by atoms with Crippen molar-refractivity contribution in [2.45, 2.75) is 25.7 Å². The fourth-order valence-corrected chi connectivity index (χ4v) is 2.38. The van der Waals surface area contributed by atoms with Gasteiger partial charge in [0.05, 0.1) is 9.19 Å². The van der Waals surface area contributed by atoms with E-state index in [0.29, 0.717) is 0 Å². The second-order valence-corrected chi connectivity index (χ2v) is 5.32. The van der Waals surface area contributed by atoms with Crippen molar-refractivity contribution in [1.82, 2.24) is 4.90 Å². The van der Waals surface area contributed by atoms with Crippen LogP contribution in [0.25, 0.3) is 0 Å². The number of likely N-dealkylation sites (tertiary alicyclic amines) is 1. The molecule has 0 amide bonds. The molecule has 0 N–H and O–H groups in total. The Morgan fingerprint density at radius 3 is 2.38 bits per heavy atom. The van der Waals surface area contributed by atoms with E-state index in [2.05, 4.69) is 4.90 Å². The van der Waals surface area contributed by atoms with Crippen LogP contribution in [0, 0.1) is 0 Å². The lowest BCUT2D eigenvalue weighted by Crippen LogP contribution is -2.35. The summed E-state index contributed by atoms with van der Waals surface area (Å²) in [4.78, 5) is 3.35. The predicted molar refractivity (Wildman–Crippen MR) is 68.8 cm³/mol. The Balaban J connectivity index is 2.33. The van der Waals surface area contributed by atoms with Crippen molar-refractivity contribution in [2.24, 2.45) is 0 Å². The Hall–Kier alpha value is 0.330. The van der Waals surface area contributed by atoms with Crippen molar-refractivity contribution in [1.29, 1.82) is 0 Å². The first-order valence-corrected chi connectivity index (χ1v) is 6.63. The highest BCUT2D eigenvalue weighted by molar-refractivity contribution is 8.22. The highest BCUT2D eigenvalue weighted by Gasteiger charge is 2.13. The maximum absolute atomic E-state index is 5.34. The molecule has 0 saturated carbocycles. The summed E-state index contributed by atoms with van der Waals surface area (Å²) in [7, 11) is 0. The van der Waals surface area contributed by atoms with Gasteiger partial charge in [0.2, 0.25) is 0 Å². The third kappa shape index (κ3) is 3.92. The van der Waals surface area contributed by atoms with E-state index < -0.39 is 0 Å². The van der Waals surface area contributed by atoms with Gasteiger partial charge in [0, 0.05) is 19.5 Å². The van der Waals surface area contributed by atoms with Crippen LogP contribution in [0.1, 0.15) is 25.7 Å². The lowest BCUT2D eigenvalue weighted by atomic mass is 10.1. The van der Waals surface area contributed by atoms with E-state index in [1.165, 1.54) is 19.3 Å². The van der Waals surface area contributed by atoms with Gasteiger partial charge in [-0.05, 0) is 25.5 Å². The average Bonchev–Trinajstić information content (AvgIpc) is 2.19. The summed E-state index contributed by atoms with van der Waals surface area (Å²) in [6, 6.07) is 0. The zero-order valence-corrected chi connectivity index (χ0v) is 10.4. The predicted octanol–water partition coefficient (Wildman–Crippen LogP) is 2.88. The standard InChI is InChI=1S/C9H15NS3/c1-13-9(12)7-8(11)10-5-3-2-4-6-10/h2-7H2,1H3. The summed E-state index contributed by atoms with van der Waals surface area (Å²) in [5.41, 5.74) is 0. The lowest BCUT2D eigenvalue weighted by Gasteiger charge is -2.29. The summed E-state index contributed by atoms with van der Waals surface area (Å²) in [6.07, 6.45) is 6.75. The van der Waals surface area contributed by atoms with Gasteiger partial charge in [-0.3, -0.25) is 0 Å². The molecule has 1 nitrogen and oxygen atoms in total. The third-order valence-electron chi connectivity index (χ3n) is 2.23. The van der Waals surface area contributed by atoms with E-state index in [0.717, 1.165) is 28.7 Å². The number of thiocarbonyl (C=S) groups is 2. The van der Waals surface area contributed by atoms with Gasteiger partial charge in [-0.25, -0.2) is 0 Å². The van der Waals surface area contributed by atoms with Crippen molar-refractivity contribution in [3.63, 3.8) is 0 Å². The first-order valence-electron chi connectivity index (χ1n) is 4.58. The smallest absolute Gasteiger partial charge is 0.0837 e. The molecular weight excluding hydrogens is 218 g/mol. The lowest BCUT2D eigenvalue weighted by molar-refractivity contribution is 0.344. The van der Waals surface area contributed by atoms with E-state index in [4.69, 9.17) is 24.4 Å². The number of thioether (sulfide) groups is 1. The second kappa shape index (κ2) is 5.94. The number of hydrogen-bond donors (Lipinski definition) is 0. The summed E-state index contributed by atoms with van der Waals surface area (Å²) >= 11 is 12.1. The number of piperidine rings is 1. The Kier molecular flexibility index (Phi) is 5.21. The van der Waals surface area contributed by atoms with E-state index in [9.17, 15) is 0 Å². The highest BCUT2D eigenvalue weighted by atomic mass is 32.2.